The molecule has 0 aliphatic rings. The molecular formula is C10H14N2O. The number of hydrogen-bond acceptors (Lipinski definition) is 3. The minimum absolute atomic E-state index is 0.487. The maximum atomic E-state index is 5.48. The predicted molar refractivity (Wildman–Crippen MR) is 53.6 cm³/mol. The summed E-state index contributed by atoms with van der Waals surface area (Å²) >= 11 is 0. The van der Waals surface area contributed by atoms with E-state index in [0.29, 0.717) is 18.3 Å². The van der Waals surface area contributed by atoms with Crippen molar-refractivity contribution in [2.75, 3.05) is 12.3 Å². The van der Waals surface area contributed by atoms with Crippen LogP contribution >= 0.6 is 0 Å². The Balaban J connectivity index is 2.32. The third kappa shape index (κ3) is 3.60. The van der Waals surface area contributed by atoms with Crippen LogP contribution in [0.5, 0.6) is 5.88 Å². The number of ether oxygens (including phenoxy) is 1. The van der Waals surface area contributed by atoms with Crippen LogP contribution in [0.4, 0.5) is 5.82 Å². The summed E-state index contributed by atoms with van der Waals surface area (Å²) in [4.78, 5) is 4.00. The van der Waals surface area contributed by atoms with Gasteiger partial charge in [-0.25, -0.2) is 0 Å². The molecule has 1 aromatic rings. The van der Waals surface area contributed by atoms with Gasteiger partial charge in [-0.2, -0.15) is 4.98 Å². The van der Waals surface area contributed by atoms with Gasteiger partial charge in [0.15, 0.2) is 0 Å². The molecule has 0 amide bonds. The molecule has 0 unspecified atom stereocenters. The van der Waals surface area contributed by atoms with Crippen molar-refractivity contribution < 1.29 is 4.74 Å². The fourth-order valence-electron chi connectivity index (χ4n) is 0.916. The Bertz CT molecular complexity index is 273. The zero-order valence-electron chi connectivity index (χ0n) is 7.57. The third-order valence-electron chi connectivity index (χ3n) is 1.55. The highest BCUT2D eigenvalue weighted by Crippen LogP contribution is 2.08. The summed E-state index contributed by atoms with van der Waals surface area (Å²) in [5.41, 5.74) is 5.48. The van der Waals surface area contributed by atoms with Crippen molar-refractivity contribution in [3.8, 4) is 5.88 Å². The maximum Gasteiger partial charge on any atom is 0.215 e. The van der Waals surface area contributed by atoms with Crippen molar-refractivity contribution in [1.82, 2.24) is 4.98 Å². The molecular weight excluding hydrogens is 164 g/mol. The zero-order valence-corrected chi connectivity index (χ0v) is 7.57. The Morgan fingerprint density at radius 2 is 2.38 bits per heavy atom. The van der Waals surface area contributed by atoms with Gasteiger partial charge in [0.05, 0.1) is 6.61 Å². The summed E-state index contributed by atoms with van der Waals surface area (Å²) in [7, 11) is 0. The molecule has 0 spiro atoms. The number of anilines is 1. The number of aromatic nitrogens is 1. The van der Waals surface area contributed by atoms with E-state index >= 15 is 0 Å². The summed E-state index contributed by atoms with van der Waals surface area (Å²) in [6.45, 7) is 4.28. The normalized spacial score (nSPS) is 9.54. The molecule has 13 heavy (non-hydrogen) atoms. The molecule has 0 atom stereocenters. The van der Waals surface area contributed by atoms with Crippen LogP contribution in [-0.4, -0.2) is 11.6 Å². The van der Waals surface area contributed by atoms with Gasteiger partial charge in [0.25, 0.3) is 0 Å². The van der Waals surface area contributed by atoms with Gasteiger partial charge in [0.2, 0.25) is 5.88 Å². The van der Waals surface area contributed by atoms with E-state index in [2.05, 4.69) is 11.6 Å². The Morgan fingerprint density at radius 1 is 1.54 bits per heavy atom. The van der Waals surface area contributed by atoms with Crippen molar-refractivity contribution in [3.63, 3.8) is 0 Å². The van der Waals surface area contributed by atoms with E-state index in [4.69, 9.17) is 10.5 Å². The van der Waals surface area contributed by atoms with Crippen LogP contribution in [0.3, 0.4) is 0 Å². The first-order valence-corrected chi connectivity index (χ1v) is 4.29. The molecule has 70 valence electrons. The van der Waals surface area contributed by atoms with E-state index in [1.54, 1.807) is 12.1 Å². The maximum absolute atomic E-state index is 5.48. The van der Waals surface area contributed by atoms with Crippen LogP contribution < -0.4 is 10.5 Å². The van der Waals surface area contributed by atoms with Gasteiger partial charge in [0.1, 0.15) is 5.82 Å². The quantitative estimate of drug-likeness (QED) is 0.554. The first kappa shape index (κ1) is 9.58. The van der Waals surface area contributed by atoms with Crippen molar-refractivity contribution in [1.29, 1.82) is 0 Å². The summed E-state index contributed by atoms with van der Waals surface area (Å²) in [5.74, 6) is 1.07. The van der Waals surface area contributed by atoms with Gasteiger partial charge >= 0.3 is 0 Å². The lowest BCUT2D eigenvalue weighted by molar-refractivity contribution is 0.301. The molecule has 1 aromatic heterocycles. The van der Waals surface area contributed by atoms with Crippen LogP contribution in [0.25, 0.3) is 0 Å². The van der Waals surface area contributed by atoms with Crippen LogP contribution in [-0.2, 0) is 0 Å². The number of nitrogens with zero attached hydrogens (tertiary/aromatic N) is 1. The first-order valence-electron chi connectivity index (χ1n) is 4.29. The smallest absolute Gasteiger partial charge is 0.215 e. The largest absolute Gasteiger partial charge is 0.478 e. The Labute approximate surface area is 78.2 Å². The standard InChI is InChI=1S/C10H14N2O/c1-2-3-4-8-13-10-7-5-6-9(11)12-10/h2,5-7H,1,3-4,8H2,(H2,11,12). The van der Waals surface area contributed by atoms with E-state index in [9.17, 15) is 0 Å². The molecule has 0 saturated heterocycles. The fraction of sp³-hybridized carbons (Fsp3) is 0.300. The molecule has 0 fully saturated rings. The van der Waals surface area contributed by atoms with Gasteiger partial charge < -0.3 is 10.5 Å². The Kier molecular flexibility index (Phi) is 3.82. The highest BCUT2D eigenvalue weighted by molar-refractivity contribution is 5.30. The van der Waals surface area contributed by atoms with E-state index < -0.39 is 0 Å². The number of pyridine rings is 1. The van der Waals surface area contributed by atoms with E-state index in [1.165, 1.54) is 0 Å². The van der Waals surface area contributed by atoms with Gasteiger partial charge in [0, 0.05) is 6.07 Å². The lowest BCUT2D eigenvalue weighted by Gasteiger charge is -2.03. The van der Waals surface area contributed by atoms with E-state index in [-0.39, 0.29) is 0 Å². The molecule has 0 aliphatic carbocycles. The van der Waals surface area contributed by atoms with Gasteiger partial charge in [-0.3, -0.25) is 0 Å². The molecule has 1 rings (SSSR count). The Morgan fingerprint density at radius 3 is 3.08 bits per heavy atom. The van der Waals surface area contributed by atoms with Gasteiger partial charge in [-0.05, 0) is 18.9 Å². The van der Waals surface area contributed by atoms with Crippen LogP contribution in [0, 0.1) is 0 Å². The molecule has 0 bridgehead atoms. The topological polar surface area (TPSA) is 48.1 Å². The second-order valence-corrected chi connectivity index (χ2v) is 2.68. The van der Waals surface area contributed by atoms with Crippen LogP contribution in [0.15, 0.2) is 30.9 Å². The third-order valence-corrected chi connectivity index (χ3v) is 1.55. The number of nitrogens with two attached hydrogens (primary N) is 1. The van der Waals surface area contributed by atoms with Crippen molar-refractivity contribution >= 4 is 5.82 Å². The highest BCUT2D eigenvalue weighted by Gasteiger charge is 1.94. The van der Waals surface area contributed by atoms with E-state index in [1.807, 2.05) is 12.1 Å². The second kappa shape index (κ2) is 5.19. The molecule has 2 N–H and O–H groups in total. The average Bonchev–Trinajstić information content (AvgIpc) is 2.13. The molecule has 0 radical (unpaired) electrons. The summed E-state index contributed by atoms with van der Waals surface area (Å²) < 4.78 is 5.35. The van der Waals surface area contributed by atoms with Crippen molar-refractivity contribution in [3.05, 3.63) is 30.9 Å². The molecule has 1 heterocycles. The minimum atomic E-state index is 0.487. The van der Waals surface area contributed by atoms with Crippen LogP contribution in [0.1, 0.15) is 12.8 Å². The minimum Gasteiger partial charge on any atom is -0.478 e. The number of unbranched alkanes of at least 4 members (excludes halogenated alkanes) is 1. The van der Waals surface area contributed by atoms with E-state index in [0.717, 1.165) is 12.8 Å². The van der Waals surface area contributed by atoms with Gasteiger partial charge in [-0.15, -0.1) is 6.58 Å². The zero-order chi connectivity index (χ0) is 9.52. The number of allylic oxidation sites excluding steroid dienone is 1. The Hall–Kier alpha value is -1.51. The monoisotopic (exact) mass is 178 g/mol. The molecule has 3 nitrogen and oxygen atoms in total. The summed E-state index contributed by atoms with van der Waals surface area (Å²) in [6.07, 6.45) is 3.79. The molecule has 3 heteroatoms. The molecule has 0 aliphatic heterocycles. The number of rotatable bonds is 5. The first-order chi connectivity index (χ1) is 6.33. The summed E-state index contributed by atoms with van der Waals surface area (Å²) in [6, 6.07) is 5.35. The SMILES string of the molecule is C=CCCCOc1cccc(N)n1. The second-order valence-electron chi connectivity index (χ2n) is 2.68. The lowest BCUT2D eigenvalue weighted by Crippen LogP contribution is -1.99. The number of nitrogen functional groups attached to an aromatic ring is 1. The molecule has 0 aromatic carbocycles. The average molecular weight is 178 g/mol. The van der Waals surface area contributed by atoms with Crippen LogP contribution in [0.2, 0.25) is 0 Å². The summed E-state index contributed by atoms with van der Waals surface area (Å²) in [5, 5.41) is 0. The predicted octanol–water partition coefficient (Wildman–Crippen LogP) is 2.01. The number of hydrogen-bond donors (Lipinski definition) is 1. The lowest BCUT2D eigenvalue weighted by atomic mass is 10.3. The fourth-order valence-corrected chi connectivity index (χ4v) is 0.916. The van der Waals surface area contributed by atoms with Crippen molar-refractivity contribution in [2.45, 2.75) is 12.8 Å². The highest BCUT2D eigenvalue weighted by atomic mass is 16.5. The molecule has 0 saturated carbocycles. The van der Waals surface area contributed by atoms with Crippen molar-refractivity contribution in [2.24, 2.45) is 0 Å². The van der Waals surface area contributed by atoms with Gasteiger partial charge in [-0.1, -0.05) is 12.1 Å².